The van der Waals surface area contributed by atoms with E-state index in [0.717, 1.165) is 0 Å². The van der Waals surface area contributed by atoms with Crippen molar-refractivity contribution in [2.75, 3.05) is 0 Å². The van der Waals surface area contributed by atoms with Crippen molar-refractivity contribution in [1.82, 2.24) is 10.6 Å². The molecule has 0 radical (unpaired) electrons. The molecule has 90 valence electrons. The van der Waals surface area contributed by atoms with Gasteiger partial charge in [0, 0.05) is 6.42 Å². The fourth-order valence-electron chi connectivity index (χ4n) is 1.77. The van der Waals surface area contributed by atoms with Crippen LogP contribution in [0.4, 0.5) is 0 Å². The lowest BCUT2D eigenvalue weighted by molar-refractivity contribution is -0.135. The van der Waals surface area contributed by atoms with Gasteiger partial charge >= 0.3 is 0 Å². The smallest absolute Gasteiger partial charge is 0.243 e. The van der Waals surface area contributed by atoms with E-state index in [1.165, 1.54) is 0 Å². The number of aliphatic hydroxyl groups is 1. The number of imide groups is 1. The molecule has 2 atom stereocenters. The lowest BCUT2D eigenvalue weighted by Crippen LogP contribution is -2.51. The third-order valence-electron chi connectivity index (χ3n) is 2.71. The second-order valence-corrected chi connectivity index (χ2v) is 3.98. The van der Waals surface area contributed by atoms with Crippen molar-refractivity contribution >= 4 is 11.8 Å². The summed E-state index contributed by atoms with van der Waals surface area (Å²) < 4.78 is 0. The standard InChI is InChI=1S/C12H14N2O3/c15-10-7-6-9(12(17)14-10)13-11(16)8-4-2-1-3-5-8/h1-5,9,11,13,16H,6-7H2,(H,14,15,17). The Morgan fingerprint density at radius 3 is 2.65 bits per heavy atom. The number of hydrogen-bond donors (Lipinski definition) is 3. The Bertz CT molecular complexity index is 419. The molecule has 2 rings (SSSR count). The molecule has 1 heterocycles. The topological polar surface area (TPSA) is 78.4 Å². The van der Waals surface area contributed by atoms with Crippen LogP contribution in [0.15, 0.2) is 30.3 Å². The molecule has 0 bridgehead atoms. The summed E-state index contributed by atoms with van der Waals surface area (Å²) in [5.74, 6) is -0.640. The number of amides is 2. The zero-order valence-corrected chi connectivity index (χ0v) is 9.22. The first-order valence-electron chi connectivity index (χ1n) is 5.49. The monoisotopic (exact) mass is 234 g/mol. The SMILES string of the molecule is O=C1CCC(NC(O)c2ccccc2)C(=O)N1. The summed E-state index contributed by atoms with van der Waals surface area (Å²) >= 11 is 0. The number of piperidine rings is 1. The first-order valence-corrected chi connectivity index (χ1v) is 5.49. The van der Waals surface area contributed by atoms with E-state index in [2.05, 4.69) is 10.6 Å². The van der Waals surface area contributed by atoms with E-state index >= 15 is 0 Å². The number of carbonyl (C=O) groups excluding carboxylic acids is 2. The van der Waals surface area contributed by atoms with E-state index in [4.69, 9.17) is 0 Å². The summed E-state index contributed by atoms with van der Waals surface area (Å²) in [4.78, 5) is 22.4. The van der Waals surface area contributed by atoms with Crippen molar-refractivity contribution in [2.45, 2.75) is 25.1 Å². The van der Waals surface area contributed by atoms with Crippen molar-refractivity contribution in [1.29, 1.82) is 0 Å². The molecule has 1 aromatic carbocycles. The maximum atomic E-state index is 11.5. The number of nitrogens with one attached hydrogen (secondary N) is 2. The molecule has 0 spiro atoms. The molecule has 0 aromatic heterocycles. The van der Waals surface area contributed by atoms with Gasteiger partial charge in [0.15, 0.2) is 0 Å². The van der Waals surface area contributed by atoms with Gasteiger partial charge in [-0.25, -0.2) is 0 Å². The summed E-state index contributed by atoms with van der Waals surface area (Å²) in [7, 11) is 0. The van der Waals surface area contributed by atoms with Gasteiger partial charge in [0.1, 0.15) is 6.23 Å². The largest absolute Gasteiger partial charge is 0.374 e. The van der Waals surface area contributed by atoms with Crippen LogP contribution in [0.25, 0.3) is 0 Å². The van der Waals surface area contributed by atoms with Gasteiger partial charge < -0.3 is 5.11 Å². The fourth-order valence-corrected chi connectivity index (χ4v) is 1.77. The third-order valence-corrected chi connectivity index (χ3v) is 2.71. The minimum Gasteiger partial charge on any atom is -0.374 e. The van der Waals surface area contributed by atoms with E-state index in [0.29, 0.717) is 18.4 Å². The minimum atomic E-state index is -0.903. The normalized spacial score (nSPS) is 22.1. The predicted molar refractivity (Wildman–Crippen MR) is 60.7 cm³/mol. The Labute approximate surface area is 98.8 Å². The number of benzene rings is 1. The highest BCUT2D eigenvalue weighted by Gasteiger charge is 2.28. The Kier molecular flexibility index (Phi) is 3.51. The fraction of sp³-hybridized carbons (Fsp3) is 0.333. The van der Waals surface area contributed by atoms with Crippen LogP contribution in [-0.2, 0) is 9.59 Å². The Morgan fingerprint density at radius 1 is 1.29 bits per heavy atom. The van der Waals surface area contributed by atoms with Gasteiger partial charge in [0.2, 0.25) is 11.8 Å². The van der Waals surface area contributed by atoms with Crippen molar-refractivity contribution in [3.8, 4) is 0 Å². The average molecular weight is 234 g/mol. The molecule has 3 N–H and O–H groups in total. The van der Waals surface area contributed by atoms with Crippen LogP contribution < -0.4 is 10.6 Å². The van der Waals surface area contributed by atoms with Crippen LogP contribution in [0.2, 0.25) is 0 Å². The second kappa shape index (κ2) is 5.07. The maximum absolute atomic E-state index is 11.5. The van der Waals surface area contributed by atoms with Crippen molar-refractivity contribution in [3.05, 3.63) is 35.9 Å². The van der Waals surface area contributed by atoms with Crippen LogP contribution in [-0.4, -0.2) is 23.0 Å². The molecule has 1 aliphatic rings. The molecule has 0 saturated carbocycles. The van der Waals surface area contributed by atoms with Crippen LogP contribution in [0.5, 0.6) is 0 Å². The molecular weight excluding hydrogens is 220 g/mol. The first kappa shape index (κ1) is 11.8. The third kappa shape index (κ3) is 2.89. The van der Waals surface area contributed by atoms with E-state index in [-0.39, 0.29) is 11.8 Å². The highest BCUT2D eigenvalue weighted by atomic mass is 16.3. The molecule has 1 saturated heterocycles. The van der Waals surface area contributed by atoms with Crippen LogP contribution >= 0.6 is 0 Å². The van der Waals surface area contributed by atoms with Gasteiger partial charge in [0.05, 0.1) is 6.04 Å². The minimum absolute atomic E-state index is 0.262. The van der Waals surface area contributed by atoms with Crippen LogP contribution in [0.1, 0.15) is 24.6 Å². The molecule has 2 unspecified atom stereocenters. The summed E-state index contributed by atoms with van der Waals surface area (Å²) in [5, 5.41) is 14.9. The first-order chi connectivity index (χ1) is 8.16. The molecule has 1 aromatic rings. The molecule has 17 heavy (non-hydrogen) atoms. The number of carbonyl (C=O) groups is 2. The predicted octanol–water partition coefficient (Wildman–Crippen LogP) is 0.0723. The molecular formula is C12H14N2O3. The van der Waals surface area contributed by atoms with E-state index in [1.54, 1.807) is 12.1 Å². The summed E-state index contributed by atoms with van der Waals surface area (Å²) in [5.41, 5.74) is 0.692. The van der Waals surface area contributed by atoms with Gasteiger partial charge in [-0.05, 0) is 12.0 Å². The summed E-state index contributed by atoms with van der Waals surface area (Å²) in [6.07, 6.45) is -0.195. The summed E-state index contributed by atoms with van der Waals surface area (Å²) in [6.45, 7) is 0. The van der Waals surface area contributed by atoms with Crippen molar-refractivity contribution < 1.29 is 14.7 Å². The van der Waals surface area contributed by atoms with Gasteiger partial charge in [-0.2, -0.15) is 0 Å². The highest BCUT2D eigenvalue weighted by molar-refractivity contribution is 6.00. The molecule has 5 heteroatoms. The quantitative estimate of drug-likeness (QED) is 0.511. The molecule has 1 fully saturated rings. The summed E-state index contributed by atoms with van der Waals surface area (Å²) in [6, 6.07) is 8.48. The molecule has 5 nitrogen and oxygen atoms in total. The molecule has 2 amide bonds. The lowest BCUT2D eigenvalue weighted by atomic mass is 10.1. The van der Waals surface area contributed by atoms with E-state index < -0.39 is 12.3 Å². The Hall–Kier alpha value is -1.72. The second-order valence-electron chi connectivity index (χ2n) is 3.98. The molecule has 1 aliphatic heterocycles. The van der Waals surface area contributed by atoms with Crippen LogP contribution in [0, 0.1) is 0 Å². The number of hydrogen-bond acceptors (Lipinski definition) is 4. The Balaban J connectivity index is 1.97. The number of rotatable bonds is 3. The van der Waals surface area contributed by atoms with Crippen molar-refractivity contribution in [3.63, 3.8) is 0 Å². The number of aliphatic hydroxyl groups excluding tert-OH is 1. The van der Waals surface area contributed by atoms with Gasteiger partial charge in [-0.3, -0.25) is 20.2 Å². The molecule has 0 aliphatic carbocycles. The van der Waals surface area contributed by atoms with E-state index in [9.17, 15) is 14.7 Å². The van der Waals surface area contributed by atoms with Gasteiger partial charge in [0.25, 0.3) is 0 Å². The van der Waals surface area contributed by atoms with Crippen LogP contribution in [0.3, 0.4) is 0 Å². The van der Waals surface area contributed by atoms with Crippen molar-refractivity contribution in [2.24, 2.45) is 0 Å². The van der Waals surface area contributed by atoms with Gasteiger partial charge in [-0.15, -0.1) is 0 Å². The Morgan fingerprint density at radius 2 is 2.00 bits per heavy atom. The van der Waals surface area contributed by atoms with Gasteiger partial charge in [-0.1, -0.05) is 30.3 Å². The highest BCUT2D eigenvalue weighted by Crippen LogP contribution is 2.13. The average Bonchev–Trinajstić information content (AvgIpc) is 2.34. The lowest BCUT2D eigenvalue weighted by Gasteiger charge is -2.24. The zero-order valence-electron chi connectivity index (χ0n) is 9.22. The maximum Gasteiger partial charge on any atom is 0.243 e. The van der Waals surface area contributed by atoms with E-state index in [1.807, 2.05) is 18.2 Å². The zero-order chi connectivity index (χ0) is 12.3.